The number of carboxylic acids is 1. The third-order valence-electron chi connectivity index (χ3n) is 4.63. The zero-order valence-corrected chi connectivity index (χ0v) is 15.6. The van der Waals surface area contributed by atoms with E-state index >= 15 is 0 Å². The number of carbonyl (C=O) groups excluding carboxylic acids is 1. The number of hydrogen-bond acceptors (Lipinski definition) is 4. The first-order valence-corrected chi connectivity index (χ1v) is 10.1. The van der Waals surface area contributed by atoms with Crippen molar-refractivity contribution >= 4 is 27.6 Å². The zero-order valence-electron chi connectivity index (χ0n) is 14.8. The normalized spacial score (nSPS) is 16.5. The van der Waals surface area contributed by atoms with Crippen molar-refractivity contribution in [3.63, 3.8) is 0 Å². The van der Waals surface area contributed by atoms with Crippen molar-refractivity contribution in [3.8, 4) is 0 Å². The fourth-order valence-corrected chi connectivity index (χ4v) is 4.88. The van der Waals surface area contributed by atoms with Gasteiger partial charge in [-0.3, -0.25) is 13.9 Å². The molecule has 0 saturated heterocycles. The molecule has 7 nitrogen and oxygen atoms in total. The molecule has 27 heavy (non-hydrogen) atoms. The molecule has 1 atom stereocenters. The minimum Gasteiger partial charge on any atom is -0.481 e. The van der Waals surface area contributed by atoms with Crippen LogP contribution in [-0.2, 0) is 20.6 Å². The van der Waals surface area contributed by atoms with E-state index in [1.807, 2.05) is 0 Å². The van der Waals surface area contributed by atoms with Crippen molar-refractivity contribution in [2.75, 3.05) is 17.9 Å². The SMILES string of the molecule is CNC(=O)c1ccc(CS(=O)(=O)N2CCC(C(=O)O)c3ccccc32)cc1. The van der Waals surface area contributed by atoms with Gasteiger partial charge in [0.05, 0.1) is 17.4 Å². The van der Waals surface area contributed by atoms with Crippen molar-refractivity contribution in [3.05, 3.63) is 65.2 Å². The van der Waals surface area contributed by atoms with Gasteiger partial charge in [0.1, 0.15) is 0 Å². The minimum atomic E-state index is -3.70. The van der Waals surface area contributed by atoms with Crippen LogP contribution in [0.2, 0.25) is 0 Å². The minimum absolute atomic E-state index is 0.118. The number of fused-ring (bicyclic) bond motifs is 1. The molecule has 0 radical (unpaired) electrons. The lowest BCUT2D eigenvalue weighted by Gasteiger charge is -2.33. The van der Waals surface area contributed by atoms with Gasteiger partial charge < -0.3 is 10.4 Å². The first-order valence-electron chi connectivity index (χ1n) is 8.46. The number of hydrogen-bond donors (Lipinski definition) is 2. The summed E-state index contributed by atoms with van der Waals surface area (Å²) in [4.78, 5) is 23.1. The largest absolute Gasteiger partial charge is 0.481 e. The van der Waals surface area contributed by atoms with Gasteiger partial charge in [0.2, 0.25) is 10.0 Å². The molecule has 0 spiro atoms. The summed E-state index contributed by atoms with van der Waals surface area (Å²) in [5.41, 5.74) is 1.93. The van der Waals surface area contributed by atoms with Crippen LogP contribution >= 0.6 is 0 Å². The number of amides is 1. The molecular formula is C19H20N2O5S. The van der Waals surface area contributed by atoms with Crippen LogP contribution in [0.3, 0.4) is 0 Å². The molecule has 0 aliphatic carbocycles. The molecule has 0 fully saturated rings. The highest BCUT2D eigenvalue weighted by Gasteiger charge is 2.34. The summed E-state index contributed by atoms with van der Waals surface area (Å²) in [6, 6.07) is 13.1. The standard InChI is InChI=1S/C19H20N2O5S/c1-20-18(22)14-8-6-13(7-9-14)12-27(25,26)21-11-10-16(19(23)24)15-4-2-3-5-17(15)21/h2-9,16H,10-12H2,1H3,(H,20,22)(H,23,24). The van der Waals surface area contributed by atoms with Gasteiger partial charge in [0.25, 0.3) is 5.91 Å². The van der Waals surface area contributed by atoms with Gasteiger partial charge in [-0.1, -0.05) is 30.3 Å². The molecule has 2 aromatic carbocycles. The smallest absolute Gasteiger partial charge is 0.311 e. The van der Waals surface area contributed by atoms with Crippen LogP contribution in [0.5, 0.6) is 0 Å². The van der Waals surface area contributed by atoms with Gasteiger partial charge in [0, 0.05) is 19.2 Å². The number of benzene rings is 2. The number of anilines is 1. The van der Waals surface area contributed by atoms with Gasteiger partial charge in [-0.15, -0.1) is 0 Å². The maximum atomic E-state index is 13.0. The van der Waals surface area contributed by atoms with E-state index in [2.05, 4.69) is 5.32 Å². The molecule has 1 amide bonds. The molecule has 0 bridgehead atoms. The number of para-hydroxylation sites is 1. The van der Waals surface area contributed by atoms with Crippen LogP contribution in [0.4, 0.5) is 5.69 Å². The van der Waals surface area contributed by atoms with E-state index in [-0.39, 0.29) is 24.6 Å². The molecule has 142 valence electrons. The highest BCUT2D eigenvalue weighted by molar-refractivity contribution is 7.92. The molecule has 1 heterocycles. The van der Waals surface area contributed by atoms with E-state index in [0.717, 1.165) is 0 Å². The lowest BCUT2D eigenvalue weighted by Crippen LogP contribution is -2.38. The second-order valence-corrected chi connectivity index (χ2v) is 8.24. The fraction of sp³-hybridized carbons (Fsp3) is 0.263. The van der Waals surface area contributed by atoms with Gasteiger partial charge >= 0.3 is 5.97 Å². The second-order valence-electron chi connectivity index (χ2n) is 6.34. The van der Waals surface area contributed by atoms with Crippen molar-refractivity contribution in [1.82, 2.24) is 5.32 Å². The summed E-state index contributed by atoms with van der Waals surface area (Å²) in [6.45, 7) is 0.118. The van der Waals surface area contributed by atoms with Gasteiger partial charge in [-0.25, -0.2) is 8.42 Å². The monoisotopic (exact) mass is 388 g/mol. The van der Waals surface area contributed by atoms with E-state index < -0.39 is 21.9 Å². The average Bonchev–Trinajstić information content (AvgIpc) is 2.66. The number of aliphatic carboxylic acids is 1. The maximum absolute atomic E-state index is 13.0. The van der Waals surface area contributed by atoms with Crippen LogP contribution in [0.15, 0.2) is 48.5 Å². The summed E-state index contributed by atoms with van der Waals surface area (Å²) in [5, 5.41) is 11.9. The van der Waals surface area contributed by atoms with Crippen LogP contribution < -0.4 is 9.62 Å². The predicted octanol–water partition coefficient (Wildman–Crippen LogP) is 1.95. The summed E-state index contributed by atoms with van der Waals surface area (Å²) in [6.07, 6.45) is 0.223. The zero-order chi connectivity index (χ0) is 19.6. The Hall–Kier alpha value is -2.87. The quantitative estimate of drug-likeness (QED) is 0.815. The lowest BCUT2D eigenvalue weighted by atomic mass is 9.91. The molecule has 0 aromatic heterocycles. The second kappa shape index (κ2) is 7.40. The molecule has 2 aromatic rings. The van der Waals surface area contributed by atoms with E-state index in [1.165, 1.54) is 11.4 Å². The summed E-state index contributed by atoms with van der Waals surface area (Å²) < 4.78 is 27.2. The average molecular weight is 388 g/mol. The molecule has 2 N–H and O–H groups in total. The number of rotatable bonds is 5. The first kappa shape index (κ1) is 18.9. The van der Waals surface area contributed by atoms with Crippen molar-refractivity contribution < 1.29 is 23.1 Å². The Labute approximate surface area is 157 Å². The highest BCUT2D eigenvalue weighted by atomic mass is 32.2. The summed E-state index contributed by atoms with van der Waals surface area (Å²) in [5.74, 6) is -2.13. The molecular weight excluding hydrogens is 368 g/mol. The first-order chi connectivity index (χ1) is 12.8. The Bertz CT molecular complexity index is 970. The van der Waals surface area contributed by atoms with Crippen LogP contribution in [0.1, 0.15) is 33.8 Å². The predicted molar refractivity (Wildman–Crippen MR) is 101 cm³/mol. The topological polar surface area (TPSA) is 104 Å². The van der Waals surface area contributed by atoms with Gasteiger partial charge in [-0.05, 0) is 35.7 Å². The maximum Gasteiger partial charge on any atom is 0.311 e. The number of sulfonamides is 1. The third kappa shape index (κ3) is 3.80. The molecule has 1 unspecified atom stereocenters. The Balaban J connectivity index is 1.88. The lowest BCUT2D eigenvalue weighted by molar-refractivity contribution is -0.139. The van der Waals surface area contributed by atoms with E-state index in [9.17, 15) is 23.1 Å². The van der Waals surface area contributed by atoms with Gasteiger partial charge in [0.15, 0.2) is 0 Å². The number of carbonyl (C=O) groups is 2. The van der Waals surface area contributed by atoms with Crippen molar-refractivity contribution in [2.24, 2.45) is 0 Å². The Kier molecular flexibility index (Phi) is 5.18. The fourth-order valence-electron chi connectivity index (χ4n) is 3.26. The van der Waals surface area contributed by atoms with Gasteiger partial charge in [-0.2, -0.15) is 0 Å². The van der Waals surface area contributed by atoms with E-state index in [0.29, 0.717) is 22.4 Å². The van der Waals surface area contributed by atoms with Crippen LogP contribution in [-0.4, -0.2) is 39.0 Å². The Morgan fingerprint density at radius 2 is 1.81 bits per heavy atom. The molecule has 3 rings (SSSR count). The third-order valence-corrected chi connectivity index (χ3v) is 6.38. The summed E-state index contributed by atoms with van der Waals surface area (Å²) >= 11 is 0. The Morgan fingerprint density at radius 3 is 2.44 bits per heavy atom. The van der Waals surface area contributed by atoms with Crippen molar-refractivity contribution in [2.45, 2.75) is 18.1 Å². The van der Waals surface area contributed by atoms with Crippen molar-refractivity contribution in [1.29, 1.82) is 0 Å². The number of nitrogens with zero attached hydrogens (tertiary/aromatic N) is 1. The summed E-state index contributed by atoms with van der Waals surface area (Å²) in [7, 11) is -2.17. The van der Waals surface area contributed by atoms with Crippen LogP contribution in [0, 0.1) is 0 Å². The molecule has 0 saturated carbocycles. The molecule has 8 heteroatoms. The highest BCUT2D eigenvalue weighted by Crippen LogP contribution is 2.37. The molecule has 1 aliphatic heterocycles. The van der Waals surface area contributed by atoms with E-state index in [1.54, 1.807) is 48.5 Å². The number of nitrogens with one attached hydrogen (secondary N) is 1. The van der Waals surface area contributed by atoms with Crippen LogP contribution in [0.25, 0.3) is 0 Å². The number of carboxylic acid groups (broad SMARTS) is 1. The molecule has 1 aliphatic rings. The Morgan fingerprint density at radius 1 is 1.15 bits per heavy atom. The van der Waals surface area contributed by atoms with E-state index in [4.69, 9.17) is 0 Å².